The van der Waals surface area contributed by atoms with Gasteiger partial charge in [0.1, 0.15) is 0 Å². The Labute approximate surface area is 121 Å². The van der Waals surface area contributed by atoms with Crippen molar-refractivity contribution in [3.63, 3.8) is 0 Å². The molecule has 0 aliphatic rings. The van der Waals surface area contributed by atoms with Crippen LogP contribution in [0.3, 0.4) is 0 Å². The van der Waals surface area contributed by atoms with Crippen LogP contribution in [0.5, 0.6) is 0 Å². The van der Waals surface area contributed by atoms with E-state index in [1.165, 1.54) is 33.4 Å². The first-order valence-corrected chi connectivity index (χ1v) is 7.14. The van der Waals surface area contributed by atoms with Crippen LogP contribution in [0.15, 0.2) is 30.3 Å². The Morgan fingerprint density at radius 1 is 0.684 bits per heavy atom. The fraction of sp³-hybridized carbons (Fsp3) is 0.333. The van der Waals surface area contributed by atoms with Crippen molar-refractivity contribution < 1.29 is 0 Å². The van der Waals surface area contributed by atoms with Gasteiger partial charge in [0.25, 0.3) is 0 Å². The van der Waals surface area contributed by atoms with E-state index in [1.54, 1.807) is 0 Å². The molecule has 0 radical (unpaired) electrons. The summed E-state index contributed by atoms with van der Waals surface area (Å²) in [7, 11) is 0. The van der Waals surface area contributed by atoms with E-state index >= 15 is 0 Å². The second kappa shape index (κ2) is 5.38. The van der Waals surface area contributed by atoms with Crippen molar-refractivity contribution in [3.8, 4) is 0 Å². The van der Waals surface area contributed by atoms with Gasteiger partial charge in [-0.3, -0.25) is 0 Å². The monoisotopic (exact) mass is 272 g/mol. The molecule has 0 bridgehead atoms. The summed E-state index contributed by atoms with van der Waals surface area (Å²) in [6, 6.07) is 10.3. The zero-order valence-corrected chi connectivity index (χ0v) is 13.1. The molecule has 0 aliphatic heterocycles. The highest BCUT2D eigenvalue weighted by Gasteiger charge is 2.19. The van der Waals surface area contributed by atoms with Crippen LogP contribution in [0.1, 0.15) is 44.3 Å². The number of hydrogen-bond acceptors (Lipinski definition) is 0. The Hall–Kier alpha value is -1.27. The smallest absolute Gasteiger partial charge is 0.0840 e. The third-order valence-corrected chi connectivity index (χ3v) is 4.87. The van der Waals surface area contributed by atoms with E-state index in [0.29, 0.717) is 0 Å². The van der Waals surface area contributed by atoms with E-state index in [-0.39, 0.29) is 5.38 Å². The Morgan fingerprint density at radius 3 is 1.58 bits per heavy atom. The molecular formula is C18H21Cl. The molecule has 0 aliphatic carbocycles. The molecule has 0 heterocycles. The molecule has 0 aromatic heterocycles. The SMILES string of the molecule is Cc1c(C)c(C)c(C(Cl)c2ccccc2)c(C)c1C. The molecule has 2 aromatic rings. The molecule has 2 aromatic carbocycles. The molecule has 1 heteroatoms. The van der Waals surface area contributed by atoms with E-state index in [9.17, 15) is 0 Å². The molecule has 0 N–H and O–H groups in total. The standard InChI is InChI=1S/C18H21Cl/c1-11-12(2)14(4)17(15(5)13(11)3)18(19)16-9-7-6-8-10-16/h6-10,18H,1-5H3. The van der Waals surface area contributed by atoms with Gasteiger partial charge in [0.05, 0.1) is 5.38 Å². The van der Waals surface area contributed by atoms with Crippen molar-refractivity contribution in [1.29, 1.82) is 0 Å². The maximum absolute atomic E-state index is 6.74. The number of benzene rings is 2. The summed E-state index contributed by atoms with van der Waals surface area (Å²) in [6.07, 6.45) is 0. The first-order chi connectivity index (χ1) is 8.95. The van der Waals surface area contributed by atoms with Gasteiger partial charge in [-0.15, -0.1) is 11.6 Å². The Morgan fingerprint density at radius 2 is 1.11 bits per heavy atom. The van der Waals surface area contributed by atoms with E-state index < -0.39 is 0 Å². The number of halogens is 1. The molecule has 0 amide bonds. The van der Waals surface area contributed by atoms with Crippen molar-refractivity contribution in [2.75, 3.05) is 0 Å². The molecule has 0 saturated heterocycles. The van der Waals surface area contributed by atoms with Crippen LogP contribution < -0.4 is 0 Å². The second-order valence-electron chi connectivity index (χ2n) is 5.31. The number of rotatable bonds is 2. The molecular weight excluding hydrogens is 252 g/mol. The predicted octanol–water partition coefficient (Wildman–Crippen LogP) is 5.56. The average Bonchev–Trinajstić information content (AvgIpc) is 2.44. The highest BCUT2D eigenvalue weighted by molar-refractivity contribution is 6.22. The van der Waals surface area contributed by atoms with Gasteiger partial charge in [-0.05, 0) is 73.6 Å². The normalized spacial score (nSPS) is 12.5. The second-order valence-corrected chi connectivity index (χ2v) is 5.75. The quantitative estimate of drug-likeness (QED) is 0.628. The Balaban J connectivity index is 2.64. The third-order valence-electron chi connectivity index (χ3n) is 4.40. The van der Waals surface area contributed by atoms with Gasteiger partial charge in [-0.25, -0.2) is 0 Å². The van der Waals surface area contributed by atoms with Crippen LogP contribution >= 0.6 is 11.6 Å². The highest BCUT2D eigenvalue weighted by Crippen LogP contribution is 2.37. The maximum atomic E-state index is 6.74. The van der Waals surface area contributed by atoms with Gasteiger partial charge in [0.2, 0.25) is 0 Å². The summed E-state index contributed by atoms with van der Waals surface area (Å²) in [6.45, 7) is 10.9. The van der Waals surface area contributed by atoms with Crippen molar-refractivity contribution in [3.05, 3.63) is 69.3 Å². The van der Waals surface area contributed by atoms with E-state index in [2.05, 4.69) is 46.8 Å². The highest BCUT2D eigenvalue weighted by atomic mass is 35.5. The lowest BCUT2D eigenvalue weighted by molar-refractivity contribution is 1.04. The summed E-state index contributed by atoms with van der Waals surface area (Å²) in [4.78, 5) is 0. The Bertz CT molecular complexity index is 568. The maximum Gasteiger partial charge on any atom is 0.0840 e. The fourth-order valence-corrected chi connectivity index (χ4v) is 3.17. The van der Waals surface area contributed by atoms with E-state index in [1.807, 2.05) is 18.2 Å². The molecule has 0 nitrogen and oxygen atoms in total. The molecule has 0 saturated carbocycles. The summed E-state index contributed by atoms with van der Waals surface area (Å²) >= 11 is 6.74. The fourth-order valence-electron chi connectivity index (χ4n) is 2.70. The summed E-state index contributed by atoms with van der Waals surface area (Å²) in [5.41, 5.74) is 9.19. The van der Waals surface area contributed by atoms with Gasteiger partial charge >= 0.3 is 0 Å². The minimum atomic E-state index is -0.0702. The van der Waals surface area contributed by atoms with E-state index in [4.69, 9.17) is 11.6 Å². The molecule has 0 spiro atoms. The largest absolute Gasteiger partial charge is 0.113 e. The van der Waals surface area contributed by atoms with Crippen LogP contribution in [-0.2, 0) is 0 Å². The summed E-state index contributed by atoms with van der Waals surface area (Å²) in [5.74, 6) is 0. The van der Waals surface area contributed by atoms with Crippen LogP contribution in [0.2, 0.25) is 0 Å². The zero-order chi connectivity index (χ0) is 14.2. The lowest BCUT2D eigenvalue weighted by Gasteiger charge is -2.22. The van der Waals surface area contributed by atoms with Crippen molar-refractivity contribution in [2.24, 2.45) is 0 Å². The average molecular weight is 273 g/mol. The van der Waals surface area contributed by atoms with Gasteiger partial charge < -0.3 is 0 Å². The van der Waals surface area contributed by atoms with Gasteiger partial charge in [-0.2, -0.15) is 0 Å². The molecule has 1 atom stereocenters. The summed E-state index contributed by atoms with van der Waals surface area (Å²) in [5, 5.41) is -0.0702. The van der Waals surface area contributed by atoms with Crippen LogP contribution in [0, 0.1) is 34.6 Å². The zero-order valence-electron chi connectivity index (χ0n) is 12.3. The van der Waals surface area contributed by atoms with Crippen molar-refractivity contribution >= 4 is 11.6 Å². The van der Waals surface area contributed by atoms with Gasteiger partial charge in [0, 0.05) is 0 Å². The first kappa shape index (κ1) is 14.1. The van der Waals surface area contributed by atoms with E-state index in [0.717, 1.165) is 5.56 Å². The minimum absolute atomic E-state index is 0.0702. The molecule has 1 unspecified atom stereocenters. The van der Waals surface area contributed by atoms with Crippen LogP contribution in [0.4, 0.5) is 0 Å². The van der Waals surface area contributed by atoms with Gasteiger partial charge in [0.15, 0.2) is 0 Å². The number of alkyl halides is 1. The molecule has 19 heavy (non-hydrogen) atoms. The van der Waals surface area contributed by atoms with Gasteiger partial charge in [-0.1, -0.05) is 30.3 Å². The van der Waals surface area contributed by atoms with Crippen LogP contribution in [-0.4, -0.2) is 0 Å². The third kappa shape index (κ3) is 2.42. The summed E-state index contributed by atoms with van der Waals surface area (Å²) < 4.78 is 0. The predicted molar refractivity (Wildman–Crippen MR) is 84.3 cm³/mol. The van der Waals surface area contributed by atoms with Crippen molar-refractivity contribution in [1.82, 2.24) is 0 Å². The molecule has 100 valence electrons. The number of hydrogen-bond donors (Lipinski definition) is 0. The topological polar surface area (TPSA) is 0 Å². The lowest BCUT2D eigenvalue weighted by atomic mass is 9.86. The lowest BCUT2D eigenvalue weighted by Crippen LogP contribution is -2.05. The Kier molecular flexibility index (Phi) is 4.01. The first-order valence-electron chi connectivity index (χ1n) is 6.71. The molecule has 2 rings (SSSR count). The molecule has 0 fully saturated rings. The minimum Gasteiger partial charge on any atom is -0.113 e. The van der Waals surface area contributed by atoms with Crippen LogP contribution in [0.25, 0.3) is 0 Å². The van der Waals surface area contributed by atoms with Crippen molar-refractivity contribution in [2.45, 2.75) is 40.0 Å².